The van der Waals surface area contributed by atoms with Gasteiger partial charge in [0.2, 0.25) is 0 Å². The van der Waals surface area contributed by atoms with Crippen molar-refractivity contribution in [3.8, 4) is 5.75 Å². The number of nitrogen functional groups attached to an aromatic ring is 1. The Morgan fingerprint density at radius 1 is 1.37 bits per heavy atom. The van der Waals surface area contributed by atoms with Crippen molar-refractivity contribution >= 4 is 11.7 Å². The molecule has 1 fully saturated rings. The molecule has 0 atom stereocenters. The van der Waals surface area contributed by atoms with E-state index in [4.69, 9.17) is 15.2 Å². The molecule has 0 amide bonds. The highest BCUT2D eigenvalue weighted by Gasteiger charge is 2.20. The molecule has 0 saturated heterocycles. The van der Waals surface area contributed by atoms with Crippen molar-refractivity contribution in [1.82, 2.24) is 0 Å². The number of anilines is 1. The molecule has 4 heteroatoms. The SMILES string of the molecule is CCOc1c(N)cccc1C(=O)OCC1CCCC1. The standard InChI is InChI=1S/C15H21NO3/c1-2-18-14-12(8-5-9-13(14)16)15(17)19-10-11-6-3-4-7-11/h5,8-9,11H,2-4,6-7,10,16H2,1H3. The molecule has 19 heavy (non-hydrogen) atoms. The van der Waals surface area contributed by atoms with E-state index < -0.39 is 0 Å². The van der Waals surface area contributed by atoms with Gasteiger partial charge in [-0.05, 0) is 37.8 Å². The van der Waals surface area contributed by atoms with Crippen LogP contribution in [0.2, 0.25) is 0 Å². The summed E-state index contributed by atoms with van der Waals surface area (Å²) in [7, 11) is 0. The Kier molecular flexibility index (Phi) is 4.66. The summed E-state index contributed by atoms with van der Waals surface area (Å²) in [6.07, 6.45) is 4.79. The van der Waals surface area contributed by atoms with Crippen LogP contribution in [-0.4, -0.2) is 19.2 Å². The normalized spacial score (nSPS) is 15.4. The monoisotopic (exact) mass is 263 g/mol. The highest BCUT2D eigenvalue weighted by molar-refractivity contribution is 5.94. The van der Waals surface area contributed by atoms with Crippen LogP contribution >= 0.6 is 0 Å². The molecule has 1 saturated carbocycles. The van der Waals surface area contributed by atoms with E-state index in [2.05, 4.69) is 0 Å². The number of hydrogen-bond acceptors (Lipinski definition) is 4. The number of nitrogens with two attached hydrogens (primary N) is 1. The summed E-state index contributed by atoms with van der Waals surface area (Å²) in [6, 6.07) is 5.15. The highest BCUT2D eigenvalue weighted by Crippen LogP contribution is 2.28. The third kappa shape index (κ3) is 3.40. The van der Waals surface area contributed by atoms with Crippen molar-refractivity contribution in [2.24, 2.45) is 5.92 Å². The largest absolute Gasteiger partial charge is 0.491 e. The van der Waals surface area contributed by atoms with Gasteiger partial charge >= 0.3 is 5.97 Å². The Morgan fingerprint density at radius 2 is 2.11 bits per heavy atom. The zero-order valence-electron chi connectivity index (χ0n) is 11.4. The van der Waals surface area contributed by atoms with E-state index in [0.29, 0.717) is 36.1 Å². The van der Waals surface area contributed by atoms with Gasteiger partial charge in [0.05, 0.1) is 18.9 Å². The van der Waals surface area contributed by atoms with E-state index in [9.17, 15) is 4.79 Å². The fourth-order valence-electron chi connectivity index (χ4n) is 2.47. The van der Waals surface area contributed by atoms with Gasteiger partial charge in [0, 0.05) is 0 Å². The maximum Gasteiger partial charge on any atom is 0.342 e. The molecule has 0 radical (unpaired) electrons. The average Bonchev–Trinajstić information content (AvgIpc) is 2.92. The van der Waals surface area contributed by atoms with Gasteiger partial charge in [-0.25, -0.2) is 4.79 Å². The molecule has 1 aromatic rings. The van der Waals surface area contributed by atoms with Crippen LogP contribution in [0.1, 0.15) is 43.0 Å². The summed E-state index contributed by atoms with van der Waals surface area (Å²) in [5, 5.41) is 0. The number of benzene rings is 1. The van der Waals surface area contributed by atoms with E-state index in [-0.39, 0.29) is 5.97 Å². The van der Waals surface area contributed by atoms with Crippen LogP contribution < -0.4 is 10.5 Å². The Bertz CT molecular complexity index is 439. The molecular formula is C15H21NO3. The number of carbonyl (C=O) groups excluding carboxylic acids is 1. The first-order valence-electron chi connectivity index (χ1n) is 6.90. The minimum absolute atomic E-state index is 0.345. The van der Waals surface area contributed by atoms with Gasteiger partial charge in [-0.2, -0.15) is 0 Å². The van der Waals surface area contributed by atoms with E-state index in [0.717, 1.165) is 12.8 Å². The van der Waals surface area contributed by atoms with Crippen molar-refractivity contribution in [2.75, 3.05) is 18.9 Å². The summed E-state index contributed by atoms with van der Waals surface area (Å²) in [6.45, 7) is 2.83. The number of ether oxygens (including phenoxy) is 2. The van der Waals surface area contributed by atoms with Crippen molar-refractivity contribution in [3.05, 3.63) is 23.8 Å². The molecule has 2 rings (SSSR count). The van der Waals surface area contributed by atoms with Gasteiger partial charge in [-0.15, -0.1) is 0 Å². The minimum atomic E-state index is -0.345. The number of carbonyl (C=O) groups is 1. The average molecular weight is 263 g/mol. The molecule has 1 aliphatic carbocycles. The minimum Gasteiger partial charge on any atom is -0.491 e. The van der Waals surface area contributed by atoms with Gasteiger partial charge < -0.3 is 15.2 Å². The van der Waals surface area contributed by atoms with Crippen molar-refractivity contribution in [1.29, 1.82) is 0 Å². The van der Waals surface area contributed by atoms with Gasteiger partial charge in [0.15, 0.2) is 5.75 Å². The third-order valence-electron chi connectivity index (χ3n) is 3.48. The Morgan fingerprint density at radius 3 is 2.79 bits per heavy atom. The molecular weight excluding hydrogens is 242 g/mol. The maximum absolute atomic E-state index is 12.1. The van der Waals surface area contributed by atoms with E-state index in [1.807, 2.05) is 6.92 Å². The summed E-state index contributed by atoms with van der Waals surface area (Å²) >= 11 is 0. The lowest BCUT2D eigenvalue weighted by Gasteiger charge is -2.14. The van der Waals surface area contributed by atoms with Crippen LogP contribution in [0.4, 0.5) is 5.69 Å². The van der Waals surface area contributed by atoms with Crippen LogP contribution in [0.25, 0.3) is 0 Å². The molecule has 4 nitrogen and oxygen atoms in total. The lowest BCUT2D eigenvalue weighted by atomic mass is 10.1. The van der Waals surface area contributed by atoms with Crippen LogP contribution in [0.5, 0.6) is 5.75 Å². The van der Waals surface area contributed by atoms with Gasteiger partial charge in [0.25, 0.3) is 0 Å². The first kappa shape index (κ1) is 13.7. The second-order valence-electron chi connectivity index (χ2n) is 4.91. The van der Waals surface area contributed by atoms with Crippen LogP contribution in [-0.2, 0) is 4.74 Å². The number of rotatable bonds is 5. The van der Waals surface area contributed by atoms with Gasteiger partial charge in [-0.3, -0.25) is 0 Å². The fraction of sp³-hybridized carbons (Fsp3) is 0.533. The predicted octanol–water partition coefficient (Wildman–Crippen LogP) is 3.01. The fourth-order valence-corrected chi connectivity index (χ4v) is 2.47. The van der Waals surface area contributed by atoms with Crippen LogP contribution in [0, 0.1) is 5.92 Å². The molecule has 0 bridgehead atoms. The van der Waals surface area contributed by atoms with Gasteiger partial charge in [-0.1, -0.05) is 18.9 Å². The molecule has 1 aromatic carbocycles. The molecule has 104 valence electrons. The molecule has 2 N–H and O–H groups in total. The quantitative estimate of drug-likeness (QED) is 0.655. The second kappa shape index (κ2) is 6.45. The summed E-state index contributed by atoms with van der Waals surface area (Å²) < 4.78 is 10.8. The molecule has 0 aliphatic heterocycles. The smallest absolute Gasteiger partial charge is 0.342 e. The van der Waals surface area contributed by atoms with E-state index >= 15 is 0 Å². The first-order valence-corrected chi connectivity index (χ1v) is 6.90. The summed E-state index contributed by atoms with van der Waals surface area (Å²) in [4.78, 5) is 12.1. The maximum atomic E-state index is 12.1. The summed E-state index contributed by atoms with van der Waals surface area (Å²) in [5.74, 6) is 0.602. The van der Waals surface area contributed by atoms with Crippen LogP contribution in [0.15, 0.2) is 18.2 Å². The highest BCUT2D eigenvalue weighted by atomic mass is 16.5. The second-order valence-corrected chi connectivity index (χ2v) is 4.91. The zero-order chi connectivity index (χ0) is 13.7. The third-order valence-corrected chi connectivity index (χ3v) is 3.48. The van der Waals surface area contributed by atoms with Crippen molar-refractivity contribution in [2.45, 2.75) is 32.6 Å². The van der Waals surface area contributed by atoms with Crippen molar-refractivity contribution < 1.29 is 14.3 Å². The predicted molar refractivity (Wildman–Crippen MR) is 74.3 cm³/mol. The zero-order valence-corrected chi connectivity index (χ0v) is 11.4. The Labute approximate surface area is 113 Å². The molecule has 0 heterocycles. The van der Waals surface area contributed by atoms with E-state index in [1.165, 1.54) is 12.8 Å². The number of esters is 1. The number of hydrogen-bond donors (Lipinski definition) is 1. The molecule has 1 aliphatic rings. The van der Waals surface area contributed by atoms with E-state index in [1.54, 1.807) is 18.2 Å². The number of para-hydroxylation sites is 1. The molecule has 0 unspecified atom stereocenters. The lowest BCUT2D eigenvalue weighted by Crippen LogP contribution is -2.14. The van der Waals surface area contributed by atoms with Crippen molar-refractivity contribution in [3.63, 3.8) is 0 Å². The molecule has 0 aromatic heterocycles. The Hall–Kier alpha value is -1.71. The summed E-state index contributed by atoms with van der Waals surface area (Å²) in [5.41, 5.74) is 6.72. The van der Waals surface area contributed by atoms with Crippen LogP contribution in [0.3, 0.4) is 0 Å². The Balaban J connectivity index is 2.03. The lowest BCUT2D eigenvalue weighted by molar-refractivity contribution is 0.0438. The topological polar surface area (TPSA) is 61.5 Å². The first-order chi connectivity index (χ1) is 9.22. The molecule has 0 spiro atoms. The van der Waals surface area contributed by atoms with Gasteiger partial charge in [0.1, 0.15) is 5.56 Å².